The molecule has 40 heavy (non-hydrogen) atoms. The standard InChI is InChI=1S/C30H25F3N2O5/c31-30(32,33)24-11-4-5-12-25(24)34-26(36)17-40-29(39)20-9-6-10-21(15-20)35-27(37)22-14-13-19(16-23(22)28(35)38)18-7-2-1-3-8-18/h1-12,15,19,22-23H,13-14,16-17H2,(H,34,36)/t19-,22+,23-/m0/s1. The molecule has 7 nitrogen and oxygen atoms in total. The summed E-state index contributed by atoms with van der Waals surface area (Å²) < 4.78 is 44.5. The molecule has 1 N–H and O–H groups in total. The normalized spacial score (nSPS) is 20.7. The van der Waals surface area contributed by atoms with E-state index in [0.717, 1.165) is 29.0 Å². The Bertz CT molecular complexity index is 1460. The number of esters is 1. The van der Waals surface area contributed by atoms with E-state index < -0.39 is 47.7 Å². The summed E-state index contributed by atoms with van der Waals surface area (Å²) in [6.07, 6.45) is -2.74. The summed E-state index contributed by atoms with van der Waals surface area (Å²) in [6.45, 7) is -0.831. The van der Waals surface area contributed by atoms with Gasteiger partial charge in [0, 0.05) is 0 Å². The van der Waals surface area contributed by atoms with E-state index in [9.17, 15) is 32.3 Å². The van der Waals surface area contributed by atoms with Crippen molar-refractivity contribution in [2.45, 2.75) is 31.4 Å². The Morgan fingerprint density at radius 3 is 2.33 bits per heavy atom. The van der Waals surface area contributed by atoms with Crippen LogP contribution in [0.5, 0.6) is 0 Å². The van der Waals surface area contributed by atoms with E-state index in [-0.39, 0.29) is 29.0 Å². The Morgan fingerprint density at radius 2 is 1.57 bits per heavy atom. The molecule has 3 atom stereocenters. The molecule has 1 saturated carbocycles. The molecule has 3 amide bonds. The van der Waals surface area contributed by atoms with Gasteiger partial charge in [-0.1, -0.05) is 48.5 Å². The van der Waals surface area contributed by atoms with Crippen LogP contribution < -0.4 is 10.2 Å². The molecule has 5 rings (SSSR count). The van der Waals surface area contributed by atoms with Gasteiger partial charge in [0.1, 0.15) is 0 Å². The van der Waals surface area contributed by atoms with Gasteiger partial charge in [0.15, 0.2) is 6.61 Å². The van der Waals surface area contributed by atoms with Gasteiger partial charge in [-0.2, -0.15) is 13.2 Å². The molecule has 3 aromatic rings. The van der Waals surface area contributed by atoms with Gasteiger partial charge in [-0.05, 0) is 61.1 Å². The Hall–Kier alpha value is -4.47. The molecule has 3 aromatic carbocycles. The van der Waals surface area contributed by atoms with E-state index in [1.165, 1.54) is 30.3 Å². The number of fused-ring (bicyclic) bond motifs is 1. The van der Waals surface area contributed by atoms with E-state index in [4.69, 9.17) is 4.74 Å². The number of para-hydroxylation sites is 1. The Morgan fingerprint density at radius 1 is 0.875 bits per heavy atom. The summed E-state index contributed by atoms with van der Waals surface area (Å²) in [5.74, 6) is -3.21. The number of carbonyl (C=O) groups is 4. The number of halogens is 3. The van der Waals surface area contributed by atoms with Crippen molar-refractivity contribution in [2.24, 2.45) is 11.8 Å². The second-order valence-corrected chi connectivity index (χ2v) is 9.86. The summed E-state index contributed by atoms with van der Waals surface area (Å²) in [5.41, 5.74) is -0.148. The maximum atomic E-state index is 13.4. The molecule has 0 unspecified atom stereocenters. The van der Waals surface area contributed by atoms with E-state index in [2.05, 4.69) is 5.32 Å². The van der Waals surface area contributed by atoms with Gasteiger partial charge in [-0.15, -0.1) is 0 Å². The third-order valence-electron chi connectivity index (χ3n) is 7.38. The van der Waals surface area contributed by atoms with Gasteiger partial charge in [-0.3, -0.25) is 19.3 Å². The Labute approximate surface area is 227 Å². The third-order valence-corrected chi connectivity index (χ3v) is 7.38. The van der Waals surface area contributed by atoms with Crippen molar-refractivity contribution in [3.8, 4) is 0 Å². The van der Waals surface area contributed by atoms with Gasteiger partial charge < -0.3 is 10.1 Å². The van der Waals surface area contributed by atoms with E-state index >= 15 is 0 Å². The second-order valence-electron chi connectivity index (χ2n) is 9.86. The van der Waals surface area contributed by atoms with Gasteiger partial charge in [0.05, 0.1) is 34.3 Å². The molecular weight excluding hydrogens is 525 g/mol. The average Bonchev–Trinajstić information content (AvgIpc) is 3.20. The van der Waals surface area contributed by atoms with Crippen LogP contribution in [-0.4, -0.2) is 30.3 Å². The maximum absolute atomic E-state index is 13.4. The number of nitrogens with zero attached hydrogens (tertiary/aromatic N) is 1. The highest BCUT2D eigenvalue weighted by atomic mass is 19.4. The number of rotatable bonds is 6. The minimum atomic E-state index is -4.68. The lowest BCUT2D eigenvalue weighted by Crippen LogP contribution is -2.31. The van der Waals surface area contributed by atoms with Crippen LogP contribution in [0, 0.1) is 11.8 Å². The van der Waals surface area contributed by atoms with Crippen molar-refractivity contribution in [3.05, 3.63) is 95.6 Å². The molecule has 1 aliphatic heterocycles. The number of hydrogen-bond acceptors (Lipinski definition) is 5. The van der Waals surface area contributed by atoms with Crippen molar-refractivity contribution in [1.29, 1.82) is 0 Å². The minimum absolute atomic E-state index is 0.0152. The first kappa shape index (κ1) is 27.1. The topological polar surface area (TPSA) is 92.8 Å². The average molecular weight is 551 g/mol. The SMILES string of the molecule is O=C(COC(=O)c1cccc(N2C(=O)[C@H]3C[C@@H](c4ccccc4)CC[C@H]3C2=O)c1)Nc1ccccc1C(F)(F)F. The molecular formula is C30H25F3N2O5. The van der Waals surface area contributed by atoms with Crippen LogP contribution in [0.3, 0.4) is 0 Å². The van der Waals surface area contributed by atoms with Crippen LogP contribution in [-0.2, 0) is 25.3 Å². The number of carbonyl (C=O) groups excluding carboxylic acids is 4. The van der Waals surface area contributed by atoms with Crippen LogP contribution in [0.25, 0.3) is 0 Å². The molecule has 206 valence electrons. The molecule has 1 aliphatic carbocycles. The highest BCUT2D eigenvalue weighted by molar-refractivity contribution is 6.22. The first-order chi connectivity index (χ1) is 19.1. The van der Waals surface area contributed by atoms with Crippen LogP contribution in [0.2, 0.25) is 0 Å². The Balaban J connectivity index is 1.24. The number of hydrogen-bond donors (Lipinski definition) is 1. The number of amides is 3. The maximum Gasteiger partial charge on any atom is 0.418 e. The van der Waals surface area contributed by atoms with Crippen molar-refractivity contribution in [2.75, 3.05) is 16.8 Å². The smallest absolute Gasteiger partial charge is 0.418 e. The molecule has 0 aromatic heterocycles. The lowest BCUT2D eigenvalue weighted by atomic mass is 9.73. The molecule has 1 saturated heterocycles. The molecule has 10 heteroatoms. The van der Waals surface area contributed by atoms with Gasteiger partial charge >= 0.3 is 12.1 Å². The monoisotopic (exact) mass is 550 g/mol. The van der Waals surface area contributed by atoms with E-state index in [0.29, 0.717) is 12.8 Å². The van der Waals surface area contributed by atoms with Crippen molar-refractivity contribution in [1.82, 2.24) is 0 Å². The summed E-state index contributed by atoms with van der Waals surface area (Å²) in [5, 5.41) is 2.10. The van der Waals surface area contributed by atoms with Crippen molar-refractivity contribution >= 4 is 35.1 Å². The lowest BCUT2D eigenvalue weighted by molar-refractivity contribution is -0.137. The predicted octanol–water partition coefficient (Wildman–Crippen LogP) is 5.57. The molecule has 0 spiro atoms. The fraction of sp³-hybridized carbons (Fsp3) is 0.267. The van der Waals surface area contributed by atoms with Gasteiger partial charge in [0.2, 0.25) is 11.8 Å². The summed E-state index contributed by atoms with van der Waals surface area (Å²) >= 11 is 0. The van der Waals surface area contributed by atoms with Gasteiger partial charge in [0.25, 0.3) is 5.91 Å². The first-order valence-corrected chi connectivity index (χ1v) is 12.8. The fourth-order valence-corrected chi connectivity index (χ4v) is 5.47. The third kappa shape index (κ3) is 5.47. The summed E-state index contributed by atoms with van der Waals surface area (Å²) in [6, 6.07) is 20.1. The number of ether oxygens (including phenoxy) is 1. The minimum Gasteiger partial charge on any atom is -0.452 e. The summed E-state index contributed by atoms with van der Waals surface area (Å²) in [7, 11) is 0. The van der Waals surface area contributed by atoms with Crippen LogP contribution in [0.1, 0.15) is 46.7 Å². The molecule has 2 aliphatic rings. The largest absolute Gasteiger partial charge is 0.452 e. The number of anilines is 2. The van der Waals surface area contributed by atoms with Gasteiger partial charge in [-0.25, -0.2) is 4.79 Å². The highest BCUT2D eigenvalue weighted by Gasteiger charge is 2.50. The highest BCUT2D eigenvalue weighted by Crippen LogP contribution is 2.45. The van der Waals surface area contributed by atoms with Crippen molar-refractivity contribution < 1.29 is 37.1 Å². The molecule has 1 heterocycles. The molecule has 0 radical (unpaired) electrons. The van der Waals surface area contributed by atoms with E-state index in [1.54, 1.807) is 6.07 Å². The Kier molecular flexibility index (Phi) is 7.42. The number of alkyl halides is 3. The van der Waals surface area contributed by atoms with Crippen LogP contribution in [0.15, 0.2) is 78.9 Å². The van der Waals surface area contributed by atoms with E-state index in [1.807, 2.05) is 30.3 Å². The fourth-order valence-electron chi connectivity index (χ4n) is 5.47. The lowest BCUT2D eigenvalue weighted by Gasteiger charge is -2.28. The van der Waals surface area contributed by atoms with Crippen LogP contribution >= 0.6 is 0 Å². The quantitative estimate of drug-likeness (QED) is 0.320. The predicted molar refractivity (Wildman–Crippen MR) is 139 cm³/mol. The van der Waals surface area contributed by atoms with Crippen LogP contribution in [0.4, 0.5) is 24.5 Å². The molecule has 0 bridgehead atoms. The summed E-state index contributed by atoms with van der Waals surface area (Å²) in [4.78, 5) is 52.5. The first-order valence-electron chi connectivity index (χ1n) is 12.8. The zero-order chi connectivity index (χ0) is 28.4. The number of nitrogens with one attached hydrogen (secondary N) is 1. The zero-order valence-corrected chi connectivity index (χ0v) is 21.2. The zero-order valence-electron chi connectivity index (χ0n) is 21.2. The number of benzene rings is 3. The number of imide groups is 1. The molecule has 2 fully saturated rings. The second kappa shape index (κ2) is 11.0. The van der Waals surface area contributed by atoms with Crippen molar-refractivity contribution in [3.63, 3.8) is 0 Å².